The van der Waals surface area contributed by atoms with Gasteiger partial charge in [0, 0.05) is 42.1 Å². The summed E-state index contributed by atoms with van der Waals surface area (Å²) in [6, 6.07) is 10.7. The average Bonchev–Trinajstić information content (AvgIpc) is 2.94. The van der Waals surface area contributed by atoms with Gasteiger partial charge < -0.3 is 9.80 Å². The molecule has 0 N–H and O–H groups in total. The van der Waals surface area contributed by atoms with E-state index in [0.29, 0.717) is 6.54 Å². The molecule has 0 spiro atoms. The predicted octanol–water partition coefficient (Wildman–Crippen LogP) is 4.63. The van der Waals surface area contributed by atoms with Crippen LogP contribution in [0.4, 0.5) is 5.69 Å². The van der Waals surface area contributed by atoms with Crippen LogP contribution in [0.2, 0.25) is 0 Å². The number of rotatable bonds is 4. The Morgan fingerprint density at radius 3 is 2.38 bits per heavy atom. The maximum atomic E-state index is 12.6. The molecule has 4 heteroatoms. The molecule has 0 bridgehead atoms. The van der Waals surface area contributed by atoms with Crippen LogP contribution < -0.4 is 4.90 Å². The second-order valence-corrected chi connectivity index (χ2v) is 8.16. The Kier molecular flexibility index (Phi) is 5.24. The number of nitrogens with zero attached hydrogens (tertiary/aromatic N) is 2. The Balaban J connectivity index is 1.64. The molecule has 1 amide bonds. The van der Waals surface area contributed by atoms with E-state index in [-0.39, 0.29) is 5.91 Å². The van der Waals surface area contributed by atoms with Gasteiger partial charge in [0.15, 0.2) is 0 Å². The van der Waals surface area contributed by atoms with Gasteiger partial charge in [-0.3, -0.25) is 4.79 Å². The van der Waals surface area contributed by atoms with E-state index in [1.165, 1.54) is 35.4 Å². The third kappa shape index (κ3) is 3.81. The van der Waals surface area contributed by atoms with Crippen LogP contribution in [-0.2, 0) is 6.54 Å². The lowest BCUT2D eigenvalue weighted by molar-refractivity contribution is 0.0785. The third-order valence-electron chi connectivity index (χ3n) is 4.70. The number of amides is 1. The van der Waals surface area contributed by atoms with E-state index in [2.05, 4.69) is 29.2 Å². The average molecular weight is 343 g/mol. The molecular weight excluding hydrogens is 316 g/mol. The molecule has 1 aromatic heterocycles. The van der Waals surface area contributed by atoms with Gasteiger partial charge >= 0.3 is 0 Å². The van der Waals surface area contributed by atoms with Gasteiger partial charge in [-0.25, -0.2) is 0 Å². The number of thiophene rings is 1. The lowest BCUT2D eigenvalue weighted by Gasteiger charge is -2.29. The molecule has 1 fully saturated rings. The summed E-state index contributed by atoms with van der Waals surface area (Å²) in [6.45, 7) is 7.04. The summed E-state index contributed by atoms with van der Waals surface area (Å²) in [4.78, 5) is 19.2. The number of hydrogen-bond donors (Lipinski definition) is 0. The van der Waals surface area contributed by atoms with Crippen molar-refractivity contribution in [2.24, 2.45) is 0 Å². The summed E-state index contributed by atoms with van der Waals surface area (Å²) in [7, 11) is 1.88. The molecule has 0 unspecified atom stereocenters. The smallest absolute Gasteiger partial charge is 0.255 e. The molecule has 1 aliphatic heterocycles. The Morgan fingerprint density at radius 2 is 1.79 bits per heavy atom. The van der Waals surface area contributed by atoms with E-state index in [9.17, 15) is 4.79 Å². The Labute approximate surface area is 148 Å². The molecule has 1 aliphatic rings. The first-order valence-corrected chi connectivity index (χ1v) is 9.52. The van der Waals surface area contributed by atoms with Crippen LogP contribution >= 0.6 is 11.3 Å². The van der Waals surface area contributed by atoms with E-state index in [1.807, 2.05) is 31.9 Å². The topological polar surface area (TPSA) is 23.6 Å². The van der Waals surface area contributed by atoms with Gasteiger partial charge in [0.25, 0.3) is 5.91 Å². The van der Waals surface area contributed by atoms with Crippen molar-refractivity contribution in [1.82, 2.24) is 4.90 Å². The fourth-order valence-electron chi connectivity index (χ4n) is 3.36. The Hall–Kier alpha value is -1.81. The SMILES string of the molecule is Cc1cc(C(=O)N(C)Cc2ccc(N3CCCCC3)cc2)c(C)s1. The van der Waals surface area contributed by atoms with Crippen molar-refractivity contribution in [3.63, 3.8) is 0 Å². The van der Waals surface area contributed by atoms with Gasteiger partial charge in [-0.2, -0.15) is 0 Å². The number of carbonyl (C=O) groups is 1. The molecule has 24 heavy (non-hydrogen) atoms. The molecule has 2 aromatic rings. The van der Waals surface area contributed by atoms with Crippen LogP contribution in [0, 0.1) is 13.8 Å². The van der Waals surface area contributed by atoms with E-state index >= 15 is 0 Å². The summed E-state index contributed by atoms with van der Waals surface area (Å²) in [5.41, 5.74) is 3.32. The first kappa shape index (κ1) is 17.0. The molecule has 3 rings (SSSR count). The van der Waals surface area contributed by atoms with Gasteiger partial charge in [-0.05, 0) is 56.9 Å². The lowest BCUT2D eigenvalue weighted by atomic mass is 10.1. The number of hydrogen-bond acceptors (Lipinski definition) is 3. The van der Waals surface area contributed by atoms with Crippen LogP contribution in [0.25, 0.3) is 0 Å². The maximum Gasteiger partial charge on any atom is 0.255 e. The van der Waals surface area contributed by atoms with Gasteiger partial charge in [-0.15, -0.1) is 11.3 Å². The minimum atomic E-state index is 0.108. The zero-order valence-electron chi connectivity index (χ0n) is 14.8. The van der Waals surface area contributed by atoms with Gasteiger partial charge in [-0.1, -0.05) is 12.1 Å². The van der Waals surface area contributed by atoms with E-state index in [4.69, 9.17) is 0 Å². The summed E-state index contributed by atoms with van der Waals surface area (Å²) in [5.74, 6) is 0.108. The molecular formula is C20H26N2OS. The highest BCUT2D eigenvalue weighted by molar-refractivity contribution is 7.12. The number of anilines is 1. The van der Waals surface area contributed by atoms with Crippen LogP contribution in [0.3, 0.4) is 0 Å². The number of aryl methyl sites for hydroxylation is 2. The molecule has 1 saturated heterocycles. The highest BCUT2D eigenvalue weighted by Crippen LogP contribution is 2.23. The second-order valence-electron chi connectivity index (χ2n) is 6.70. The standard InChI is InChI=1S/C20H26N2OS/c1-15-13-19(16(2)24-15)20(23)21(3)14-17-7-9-18(10-8-17)22-11-5-4-6-12-22/h7-10,13H,4-6,11-12,14H2,1-3H3. The van der Waals surface area contributed by atoms with Crippen molar-refractivity contribution < 1.29 is 4.79 Å². The fraction of sp³-hybridized carbons (Fsp3) is 0.450. The molecule has 0 radical (unpaired) electrons. The zero-order chi connectivity index (χ0) is 17.1. The number of piperidine rings is 1. The Bertz CT molecular complexity index is 699. The maximum absolute atomic E-state index is 12.6. The minimum Gasteiger partial charge on any atom is -0.372 e. The summed E-state index contributed by atoms with van der Waals surface area (Å²) in [5, 5.41) is 0. The van der Waals surface area contributed by atoms with Gasteiger partial charge in [0.2, 0.25) is 0 Å². The summed E-state index contributed by atoms with van der Waals surface area (Å²) in [6.07, 6.45) is 3.93. The molecule has 3 nitrogen and oxygen atoms in total. The van der Waals surface area contributed by atoms with Crippen LogP contribution in [0.5, 0.6) is 0 Å². The number of carbonyl (C=O) groups excluding carboxylic acids is 1. The van der Waals surface area contributed by atoms with Crippen molar-refractivity contribution >= 4 is 22.9 Å². The normalized spacial score (nSPS) is 14.7. The third-order valence-corrected chi connectivity index (χ3v) is 5.66. The van der Waals surface area contributed by atoms with Crippen molar-refractivity contribution in [3.8, 4) is 0 Å². The first-order chi connectivity index (χ1) is 11.5. The van der Waals surface area contributed by atoms with E-state index in [1.54, 1.807) is 11.3 Å². The van der Waals surface area contributed by atoms with Crippen molar-refractivity contribution in [2.45, 2.75) is 39.7 Å². The molecule has 1 aromatic carbocycles. The van der Waals surface area contributed by atoms with Crippen molar-refractivity contribution in [1.29, 1.82) is 0 Å². The van der Waals surface area contributed by atoms with Crippen LogP contribution in [0.15, 0.2) is 30.3 Å². The lowest BCUT2D eigenvalue weighted by Crippen LogP contribution is -2.29. The first-order valence-electron chi connectivity index (χ1n) is 8.71. The summed E-state index contributed by atoms with van der Waals surface area (Å²) < 4.78 is 0. The van der Waals surface area contributed by atoms with Crippen molar-refractivity contribution in [3.05, 3.63) is 51.2 Å². The highest BCUT2D eigenvalue weighted by Gasteiger charge is 2.17. The quantitative estimate of drug-likeness (QED) is 0.809. The molecule has 0 aliphatic carbocycles. The van der Waals surface area contributed by atoms with Crippen LogP contribution in [-0.4, -0.2) is 30.9 Å². The summed E-state index contributed by atoms with van der Waals surface area (Å²) >= 11 is 1.69. The monoisotopic (exact) mass is 342 g/mol. The zero-order valence-corrected chi connectivity index (χ0v) is 15.7. The molecule has 0 saturated carbocycles. The fourth-order valence-corrected chi connectivity index (χ4v) is 4.27. The number of benzene rings is 1. The van der Waals surface area contributed by atoms with Gasteiger partial charge in [0.05, 0.1) is 5.56 Å². The van der Waals surface area contributed by atoms with E-state index in [0.717, 1.165) is 23.5 Å². The second kappa shape index (κ2) is 7.39. The highest BCUT2D eigenvalue weighted by atomic mass is 32.1. The predicted molar refractivity (Wildman–Crippen MR) is 102 cm³/mol. The van der Waals surface area contributed by atoms with E-state index < -0.39 is 0 Å². The minimum absolute atomic E-state index is 0.108. The van der Waals surface area contributed by atoms with Gasteiger partial charge in [0.1, 0.15) is 0 Å². The molecule has 0 atom stereocenters. The van der Waals surface area contributed by atoms with Crippen molar-refractivity contribution in [2.75, 3.05) is 25.0 Å². The van der Waals surface area contributed by atoms with Crippen LogP contribution in [0.1, 0.15) is 44.9 Å². The largest absolute Gasteiger partial charge is 0.372 e. The molecule has 128 valence electrons. The Morgan fingerprint density at radius 1 is 1.12 bits per heavy atom. The molecule has 2 heterocycles.